The van der Waals surface area contributed by atoms with Crippen molar-refractivity contribution in [1.29, 1.82) is 0 Å². The molecule has 0 amide bonds. The predicted octanol–water partition coefficient (Wildman–Crippen LogP) is 4.99. The van der Waals surface area contributed by atoms with Crippen molar-refractivity contribution in [1.82, 2.24) is 4.98 Å². The standard InChI is InChI=1S/C20H16N2O2S/c1-11-10-14(15-9-8-12(2)24-15)16-17(21)19(25-20(16)22-11)18(23)13-6-4-3-5-7-13/h3-10H,21H2,1-2H3. The molecule has 0 saturated heterocycles. The quantitative estimate of drug-likeness (QED) is 0.530. The van der Waals surface area contributed by atoms with Gasteiger partial charge in [-0.2, -0.15) is 0 Å². The lowest BCUT2D eigenvalue weighted by Crippen LogP contribution is -2.01. The summed E-state index contributed by atoms with van der Waals surface area (Å²) in [4.78, 5) is 18.7. The molecule has 0 bridgehead atoms. The van der Waals surface area contributed by atoms with Gasteiger partial charge < -0.3 is 10.2 Å². The normalized spacial score (nSPS) is 11.1. The number of carbonyl (C=O) groups excluding carboxylic acids is 1. The number of nitrogens with zero attached hydrogens (tertiary/aromatic N) is 1. The highest BCUT2D eigenvalue weighted by molar-refractivity contribution is 7.21. The van der Waals surface area contributed by atoms with Crippen LogP contribution in [0.5, 0.6) is 0 Å². The summed E-state index contributed by atoms with van der Waals surface area (Å²) < 4.78 is 5.78. The number of nitrogens with two attached hydrogens (primary N) is 1. The van der Waals surface area contributed by atoms with E-state index >= 15 is 0 Å². The monoisotopic (exact) mass is 348 g/mol. The van der Waals surface area contributed by atoms with Crippen LogP contribution in [0.15, 0.2) is 52.9 Å². The fourth-order valence-electron chi connectivity index (χ4n) is 2.91. The van der Waals surface area contributed by atoms with Crippen LogP contribution in [0.25, 0.3) is 21.5 Å². The molecular weight excluding hydrogens is 332 g/mol. The number of pyridine rings is 1. The summed E-state index contributed by atoms with van der Waals surface area (Å²) in [6.07, 6.45) is 0. The number of thiophene rings is 1. The highest BCUT2D eigenvalue weighted by Gasteiger charge is 2.22. The Hall–Kier alpha value is -2.92. The molecule has 0 atom stereocenters. The molecule has 3 heterocycles. The van der Waals surface area contributed by atoms with Gasteiger partial charge in [-0.25, -0.2) is 4.98 Å². The van der Waals surface area contributed by atoms with Crippen molar-refractivity contribution in [3.05, 3.63) is 70.4 Å². The summed E-state index contributed by atoms with van der Waals surface area (Å²) in [5.41, 5.74) is 9.19. The zero-order valence-electron chi connectivity index (χ0n) is 13.9. The van der Waals surface area contributed by atoms with Crippen molar-refractivity contribution in [3.8, 4) is 11.3 Å². The first kappa shape index (κ1) is 15.6. The second-order valence-corrected chi connectivity index (χ2v) is 6.94. The number of furan rings is 1. The van der Waals surface area contributed by atoms with Gasteiger partial charge in [-0.3, -0.25) is 4.79 Å². The molecule has 0 saturated carbocycles. The van der Waals surface area contributed by atoms with Crippen LogP contribution in [-0.2, 0) is 0 Å². The molecule has 4 rings (SSSR count). The van der Waals surface area contributed by atoms with Crippen molar-refractivity contribution in [2.45, 2.75) is 13.8 Å². The van der Waals surface area contributed by atoms with Crippen molar-refractivity contribution in [3.63, 3.8) is 0 Å². The molecule has 1 aromatic carbocycles. The number of aromatic nitrogens is 1. The summed E-state index contributed by atoms with van der Waals surface area (Å²) in [5.74, 6) is 1.48. The molecule has 0 aliphatic carbocycles. The fourth-order valence-corrected chi connectivity index (χ4v) is 4.03. The van der Waals surface area contributed by atoms with E-state index in [2.05, 4.69) is 4.98 Å². The number of anilines is 1. The van der Waals surface area contributed by atoms with E-state index in [1.54, 1.807) is 12.1 Å². The number of ketones is 1. The van der Waals surface area contributed by atoms with Crippen molar-refractivity contribution < 1.29 is 9.21 Å². The summed E-state index contributed by atoms with van der Waals surface area (Å²) in [5, 5.41) is 0.782. The molecule has 124 valence electrons. The van der Waals surface area contributed by atoms with Gasteiger partial charge >= 0.3 is 0 Å². The van der Waals surface area contributed by atoms with Gasteiger partial charge in [0.15, 0.2) is 0 Å². The third kappa shape index (κ3) is 2.62. The number of fused-ring (bicyclic) bond motifs is 1. The number of benzene rings is 1. The summed E-state index contributed by atoms with van der Waals surface area (Å²) in [7, 11) is 0. The first-order chi connectivity index (χ1) is 12.0. The molecule has 0 aliphatic rings. The topological polar surface area (TPSA) is 69.1 Å². The molecule has 0 aliphatic heterocycles. The van der Waals surface area contributed by atoms with Gasteiger partial charge in [-0.05, 0) is 32.0 Å². The maximum Gasteiger partial charge on any atom is 0.205 e. The molecule has 4 nitrogen and oxygen atoms in total. The number of carbonyl (C=O) groups is 1. The lowest BCUT2D eigenvalue weighted by atomic mass is 10.0. The average molecular weight is 348 g/mol. The third-order valence-corrected chi connectivity index (χ3v) is 5.17. The lowest BCUT2D eigenvalue weighted by Gasteiger charge is -2.04. The molecule has 3 aromatic heterocycles. The fraction of sp³-hybridized carbons (Fsp3) is 0.100. The van der Waals surface area contributed by atoms with E-state index in [-0.39, 0.29) is 5.78 Å². The molecule has 0 fully saturated rings. The number of nitrogen functional groups attached to an aromatic ring is 1. The number of hydrogen-bond acceptors (Lipinski definition) is 5. The van der Waals surface area contributed by atoms with Gasteiger partial charge in [0.25, 0.3) is 0 Å². The smallest absolute Gasteiger partial charge is 0.205 e. The number of hydrogen-bond donors (Lipinski definition) is 1. The highest BCUT2D eigenvalue weighted by Crippen LogP contribution is 2.40. The van der Waals surface area contributed by atoms with Gasteiger partial charge in [0.05, 0.1) is 5.69 Å². The van der Waals surface area contributed by atoms with Crippen molar-refractivity contribution in [2.24, 2.45) is 0 Å². The predicted molar refractivity (Wildman–Crippen MR) is 101 cm³/mol. The third-order valence-electron chi connectivity index (χ3n) is 4.08. The van der Waals surface area contributed by atoms with Gasteiger partial charge in [-0.15, -0.1) is 11.3 Å². The van der Waals surface area contributed by atoms with E-state index in [0.29, 0.717) is 16.1 Å². The van der Waals surface area contributed by atoms with Gasteiger partial charge in [-0.1, -0.05) is 30.3 Å². The first-order valence-electron chi connectivity index (χ1n) is 7.91. The van der Waals surface area contributed by atoms with E-state index in [9.17, 15) is 4.79 Å². The summed E-state index contributed by atoms with van der Waals surface area (Å²) in [6.45, 7) is 3.82. The van der Waals surface area contributed by atoms with E-state index in [1.165, 1.54) is 11.3 Å². The summed E-state index contributed by atoms with van der Waals surface area (Å²) in [6, 6.07) is 14.9. The van der Waals surface area contributed by atoms with E-state index < -0.39 is 0 Å². The molecule has 5 heteroatoms. The minimum absolute atomic E-state index is 0.0830. The van der Waals surface area contributed by atoms with E-state index in [0.717, 1.165) is 33.0 Å². The van der Waals surface area contributed by atoms with Crippen molar-refractivity contribution >= 4 is 33.0 Å². The lowest BCUT2D eigenvalue weighted by molar-refractivity contribution is 0.104. The Morgan fingerprint density at radius 1 is 1.12 bits per heavy atom. The Morgan fingerprint density at radius 2 is 1.88 bits per heavy atom. The number of rotatable bonds is 3. The molecule has 0 radical (unpaired) electrons. The second-order valence-electron chi connectivity index (χ2n) is 5.94. The largest absolute Gasteiger partial charge is 0.461 e. The van der Waals surface area contributed by atoms with Gasteiger partial charge in [0, 0.05) is 22.2 Å². The van der Waals surface area contributed by atoms with Crippen LogP contribution in [-0.4, -0.2) is 10.8 Å². The van der Waals surface area contributed by atoms with Crippen LogP contribution in [0.1, 0.15) is 26.7 Å². The van der Waals surface area contributed by atoms with E-state index in [1.807, 2.05) is 50.2 Å². The zero-order valence-corrected chi connectivity index (χ0v) is 14.7. The van der Waals surface area contributed by atoms with Gasteiger partial charge in [0.2, 0.25) is 5.78 Å². The minimum Gasteiger partial charge on any atom is -0.461 e. The Bertz CT molecular complexity index is 1090. The SMILES string of the molecule is Cc1cc(-c2ccc(C)o2)c2c(N)c(C(=O)c3ccccc3)sc2n1. The second kappa shape index (κ2) is 5.86. The molecular formula is C20H16N2O2S. The summed E-state index contributed by atoms with van der Waals surface area (Å²) >= 11 is 1.33. The van der Waals surface area contributed by atoms with E-state index in [4.69, 9.17) is 10.2 Å². The average Bonchev–Trinajstić information content (AvgIpc) is 3.18. The van der Waals surface area contributed by atoms with Crippen molar-refractivity contribution in [2.75, 3.05) is 5.73 Å². The number of aryl methyl sites for hydroxylation is 2. The zero-order chi connectivity index (χ0) is 17.6. The Labute approximate surface area is 148 Å². The molecule has 2 N–H and O–H groups in total. The van der Waals surface area contributed by atoms with Crippen LogP contribution in [0.4, 0.5) is 5.69 Å². The highest BCUT2D eigenvalue weighted by atomic mass is 32.1. The molecule has 0 unspecified atom stereocenters. The first-order valence-corrected chi connectivity index (χ1v) is 8.72. The Kier molecular flexibility index (Phi) is 3.66. The van der Waals surface area contributed by atoms with Gasteiger partial charge in [0.1, 0.15) is 21.2 Å². The molecule has 25 heavy (non-hydrogen) atoms. The van der Waals surface area contributed by atoms with Crippen LogP contribution in [0.2, 0.25) is 0 Å². The molecule has 0 spiro atoms. The Balaban J connectivity index is 1.95. The molecule has 4 aromatic rings. The van der Waals surface area contributed by atoms with Crippen LogP contribution < -0.4 is 5.73 Å². The maximum absolute atomic E-state index is 12.9. The maximum atomic E-state index is 12.9. The Morgan fingerprint density at radius 3 is 2.56 bits per heavy atom. The van der Waals surface area contributed by atoms with Crippen LogP contribution in [0, 0.1) is 13.8 Å². The minimum atomic E-state index is -0.0830. The van der Waals surface area contributed by atoms with Crippen LogP contribution >= 0.6 is 11.3 Å². The van der Waals surface area contributed by atoms with Crippen LogP contribution in [0.3, 0.4) is 0 Å².